The van der Waals surface area contributed by atoms with Crippen LogP contribution in [0.15, 0.2) is 28.7 Å². The number of hydrogen-bond acceptors (Lipinski definition) is 12. The maximum atomic E-state index is 13.7. The number of nitrogens with two attached hydrogens (primary N) is 2. The standard InChI is InChI=1S/C25H32N4O7.H2O4S/c1-9(2)8-28-14-7-13(26)19(30)16-11(14)5-10-6-12-18(29(3)4)21(32)17(24(27)35)23(34)25(12,36)22(33)15(10)20(16)31;1-5(2,3)4/h7,9-10,12,18,28,30,32-33,36H,5-6,8,26H2,1-4H3,(H2,27,35);(H2,1,2,3,4)/t10?,12?,18-,25-;/m0./s1. The first-order valence-electron chi connectivity index (χ1n) is 12.5. The maximum absolute atomic E-state index is 13.7. The van der Waals surface area contributed by atoms with Crippen molar-refractivity contribution in [3.8, 4) is 5.75 Å². The van der Waals surface area contributed by atoms with Gasteiger partial charge in [-0.3, -0.25) is 28.4 Å². The van der Waals surface area contributed by atoms with Crippen LogP contribution in [-0.2, 0) is 26.4 Å². The molecule has 0 aromatic heterocycles. The Hall–Kier alpha value is -3.70. The highest BCUT2D eigenvalue weighted by molar-refractivity contribution is 7.79. The molecule has 0 aliphatic heterocycles. The average molecular weight is 599 g/mol. The third-order valence-electron chi connectivity index (χ3n) is 7.45. The smallest absolute Gasteiger partial charge is 0.394 e. The Balaban J connectivity index is 0.000000850. The fraction of sp³-hybridized carbons (Fsp3) is 0.480. The number of nitrogen functional groups attached to an aromatic ring is 1. The van der Waals surface area contributed by atoms with Gasteiger partial charge in [0.1, 0.15) is 22.8 Å². The summed E-state index contributed by atoms with van der Waals surface area (Å²) >= 11 is 0. The van der Waals surface area contributed by atoms with E-state index in [0.29, 0.717) is 17.8 Å². The fourth-order valence-corrected chi connectivity index (χ4v) is 5.81. The minimum absolute atomic E-state index is 0.0283. The number of allylic oxidation sites excluding steroid dienone is 1. The number of phenolic OH excluding ortho intramolecular Hbond substituents is 1. The highest BCUT2D eigenvalue weighted by Crippen LogP contribution is 2.53. The molecule has 4 atom stereocenters. The molecule has 41 heavy (non-hydrogen) atoms. The Kier molecular flexibility index (Phi) is 8.49. The first-order valence-corrected chi connectivity index (χ1v) is 13.9. The molecule has 1 amide bonds. The van der Waals surface area contributed by atoms with E-state index in [1.54, 1.807) is 20.2 Å². The maximum Gasteiger partial charge on any atom is 0.394 e. The first kappa shape index (κ1) is 31.8. The predicted octanol–water partition coefficient (Wildman–Crippen LogP) is 0.118. The zero-order valence-electron chi connectivity index (χ0n) is 22.7. The average Bonchev–Trinajstić information content (AvgIpc) is 2.81. The van der Waals surface area contributed by atoms with Gasteiger partial charge in [-0.1, -0.05) is 13.8 Å². The molecule has 11 N–H and O–H groups in total. The molecule has 0 heterocycles. The Bertz CT molecular complexity index is 1470. The molecule has 0 radical (unpaired) electrons. The molecular formula is C25H34N4O11S. The summed E-state index contributed by atoms with van der Waals surface area (Å²) in [5.41, 5.74) is 8.53. The topological polar surface area (TPSA) is 274 Å². The number of phenols is 1. The van der Waals surface area contributed by atoms with E-state index in [1.807, 2.05) is 13.8 Å². The number of aliphatic hydroxyl groups is 3. The molecule has 3 aliphatic carbocycles. The lowest BCUT2D eigenvalue weighted by Crippen LogP contribution is -2.63. The minimum Gasteiger partial charge on any atom is -0.510 e. The number of rotatable bonds is 5. The number of carbonyl (C=O) groups is 3. The molecular weight excluding hydrogens is 564 g/mol. The molecule has 0 bridgehead atoms. The van der Waals surface area contributed by atoms with Crippen LogP contribution in [0.5, 0.6) is 5.75 Å². The Morgan fingerprint density at radius 3 is 2.24 bits per heavy atom. The molecule has 16 heteroatoms. The number of amides is 1. The van der Waals surface area contributed by atoms with Gasteiger partial charge >= 0.3 is 10.4 Å². The fourth-order valence-electron chi connectivity index (χ4n) is 5.81. The second kappa shape index (κ2) is 10.9. The van der Waals surface area contributed by atoms with Crippen molar-refractivity contribution < 1.29 is 52.3 Å². The molecule has 3 aliphatic rings. The van der Waals surface area contributed by atoms with Crippen LogP contribution < -0.4 is 16.8 Å². The normalized spacial score (nSPS) is 25.8. The van der Waals surface area contributed by atoms with E-state index in [1.165, 1.54) is 4.90 Å². The van der Waals surface area contributed by atoms with Gasteiger partial charge in [0, 0.05) is 23.7 Å². The summed E-state index contributed by atoms with van der Waals surface area (Å²) in [6.45, 7) is 4.60. The number of primary amides is 1. The van der Waals surface area contributed by atoms with Crippen LogP contribution in [-0.4, -0.2) is 92.6 Å². The number of likely N-dealkylation sites (N-methyl/N-ethyl adjacent to an activating group) is 1. The Morgan fingerprint density at radius 1 is 1.20 bits per heavy atom. The van der Waals surface area contributed by atoms with Crippen LogP contribution in [0, 0.1) is 17.8 Å². The van der Waals surface area contributed by atoms with Crippen molar-refractivity contribution in [3.05, 3.63) is 39.9 Å². The number of hydrogen-bond donors (Lipinski definition) is 9. The van der Waals surface area contributed by atoms with Crippen molar-refractivity contribution in [3.63, 3.8) is 0 Å². The van der Waals surface area contributed by atoms with Gasteiger partial charge in [0.25, 0.3) is 5.91 Å². The summed E-state index contributed by atoms with van der Waals surface area (Å²) < 4.78 is 31.6. The number of benzene rings is 1. The van der Waals surface area contributed by atoms with Gasteiger partial charge in [-0.15, -0.1) is 0 Å². The number of aromatic hydroxyl groups is 1. The van der Waals surface area contributed by atoms with E-state index in [9.17, 15) is 34.8 Å². The second-order valence-corrected chi connectivity index (χ2v) is 11.8. The molecule has 4 rings (SSSR count). The summed E-state index contributed by atoms with van der Waals surface area (Å²) in [5, 5.41) is 47.7. The molecule has 226 valence electrons. The predicted molar refractivity (Wildman–Crippen MR) is 146 cm³/mol. The largest absolute Gasteiger partial charge is 0.510 e. The van der Waals surface area contributed by atoms with Crippen LogP contribution in [0.2, 0.25) is 0 Å². The van der Waals surface area contributed by atoms with Crippen molar-refractivity contribution in [1.82, 2.24) is 4.90 Å². The lowest BCUT2D eigenvalue weighted by Gasteiger charge is -2.50. The third kappa shape index (κ3) is 5.60. The Morgan fingerprint density at radius 2 is 1.76 bits per heavy atom. The van der Waals surface area contributed by atoms with Crippen LogP contribution in [0.1, 0.15) is 36.2 Å². The summed E-state index contributed by atoms with van der Waals surface area (Å²) in [4.78, 5) is 40.5. The van der Waals surface area contributed by atoms with E-state index in [4.69, 9.17) is 29.0 Å². The van der Waals surface area contributed by atoms with Gasteiger partial charge in [0.2, 0.25) is 5.78 Å². The van der Waals surface area contributed by atoms with Crippen LogP contribution in [0.4, 0.5) is 11.4 Å². The van der Waals surface area contributed by atoms with Crippen molar-refractivity contribution in [2.45, 2.75) is 38.3 Å². The van der Waals surface area contributed by atoms with Gasteiger partial charge in [0.15, 0.2) is 11.4 Å². The number of nitrogens with one attached hydrogen (secondary N) is 1. The summed E-state index contributed by atoms with van der Waals surface area (Å²) in [7, 11) is -1.50. The van der Waals surface area contributed by atoms with E-state index < -0.39 is 74.2 Å². The van der Waals surface area contributed by atoms with Gasteiger partial charge in [0.05, 0.1) is 17.3 Å². The number of Topliss-reactive ketones (excluding diaryl/α,β-unsaturated/α-hetero) is 2. The number of fused-ring (bicyclic) bond motifs is 3. The number of nitrogens with zero attached hydrogens (tertiary/aromatic N) is 1. The highest BCUT2D eigenvalue weighted by atomic mass is 32.3. The van der Waals surface area contributed by atoms with E-state index in [2.05, 4.69) is 5.32 Å². The van der Waals surface area contributed by atoms with Gasteiger partial charge in [-0.05, 0) is 50.4 Å². The number of anilines is 2. The molecule has 0 spiro atoms. The monoisotopic (exact) mass is 598 g/mol. The summed E-state index contributed by atoms with van der Waals surface area (Å²) in [6, 6.07) is 0.520. The quantitative estimate of drug-likeness (QED) is 0.0716. The van der Waals surface area contributed by atoms with E-state index in [0.717, 1.165) is 0 Å². The van der Waals surface area contributed by atoms with Crippen molar-refractivity contribution in [2.75, 3.05) is 31.7 Å². The van der Waals surface area contributed by atoms with E-state index >= 15 is 0 Å². The first-order chi connectivity index (χ1) is 18.7. The van der Waals surface area contributed by atoms with Gasteiger partial charge in [-0.25, -0.2) is 0 Å². The van der Waals surface area contributed by atoms with Crippen molar-refractivity contribution in [1.29, 1.82) is 0 Å². The second-order valence-electron chi connectivity index (χ2n) is 10.9. The zero-order chi connectivity index (χ0) is 31.4. The third-order valence-corrected chi connectivity index (χ3v) is 7.45. The van der Waals surface area contributed by atoms with Crippen molar-refractivity contribution >= 4 is 39.2 Å². The molecule has 0 saturated heterocycles. The molecule has 15 nitrogen and oxygen atoms in total. The van der Waals surface area contributed by atoms with Gasteiger partial charge in [-0.2, -0.15) is 8.42 Å². The summed E-state index contributed by atoms with van der Waals surface area (Å²) in [6.07, 6.45) is 0.226. The van der Waals surface area contributed by atoms with Gasteiger partial charge < -0.3 is 37.2 Å². The molecule has 1 aromatic carbocycles. The SMILES string of the molecule is CC(C)CNc1cc(N)c(O)c2c1CC1CC3[C@H](N(C)C)C(O)=C(C(N)=O)C(=O)[C@@]3(O)C(O)=C1C2=O.O=S(=O)(O)O. The van der Waals surface area contributed by atoms with E-state index in [-0.39, 0.29) is 35.6 Å². The van der Waals surface area contributed by atoms with Crippen LogP contribution in [0.3, 0.4) is 0 Å². The zero-order valence-corrected chi connectivity index (χ0v) is 23.6. The highest BCUT2D eigenvalue weighted by Gasteiger charge is 2.63. The number of carbonyl (C=O) groups excluding carboxylic acids is 3. The summed E-state index contributed by atoms with van der Waals surface area (Å²) in [5.74, 6) is -6.68. The molecule has 0 saturated carbocycles. The van der Waals surface area contributed by atoms with Crippen LogP contribution in [0.25, 0.3) is 0 Å². The molecule has 1 aromatic rings. The number of ketones is 2. The minimum atomic E-state index is -4.67. The van der Waals surface area contributed by atoms with Crippen LogP contribution >= 0.6 is 0 Å². The van der Waals surface area contributed by atoms with Crippen molar-refractivity contribution in [2.24, 2.45) is 23.5 Å². The lowest BCUT2D eigenvalue weighted by atomic mass is 9.58. The number of aliphatic hydroxyl groups excluding tert-OH is 2. The Labute approximate surface area is 235 Å². The lowest BCUT2D eigenvalue weighted by molar-refractivity contribution is -0.148. The molecule has 0 fully saturated rings. The molecule has 2 unspecified atom stereocenters.